The molecule has 0 saturated carbocycles. The molecule has 61 heavy (non-hydrogen) atoms. The normalized spacial score (nSPS) is 11.9. The van der Waals surface area contributed by atoms with Crippen LogP contribution in [0.2, 0.25) is 0 Å². The number of rotatable bonds is 5. The Kier molecular flexibility index (Phi) is 7.44. The predicted molar refractivity (Wildman–Crippen MR) is 257 cm³/mol. The number of hydrogen-bond donors (Lipinski definition) is 0. The minimum Gasteiger partial charge on any atom is -0.309 e. The van der Waals surface area contributed by atoms with Crippen LogP contribution in [0.3, 0.4) is 0 Å². The Bertz CT molecular complexity index is 3880. The van der Waals surface area contributed by atoms with Crippen LogP contribution in [-0.2, 0) is 0 Å². The Morgan fingerprint density at radius 1 is 0.344 bits per heavy atom. The lowest BCUT2D eigenvalue weighted by Crippen LogP contribution is -2.03. The van der Waals surface area contributed by atoms with Crippen LogP contribution in [0.5, 0.6) is 0 Å². The van der Waals surface area contributed by atoms with E-state index in [9.17, 15) is 0 Å². The van der Waals surface area contributed by atoms with Gasteiger partial charge in [0.2, 0.25) is 5.95 Å². The molecule has 0 saturated heterocycles. The van der Waals surface area contributed by atoms with Gasteiger partial charge in [-0.3, -0.25) is 4.57 Å². The molecule has 4 heterocycles. The lowest BCUT2D eigenvalue weighted by atomic mass is 9.96. The minimum absolute atomic E-state index is 0.665. The Balaban J connectivity index is 0.969. The molecule has 0 atom stereocenters. The van der Waals surface area contributed by atoms with Gasteiger partial charge in [-0.1, -0.05) is 133 Å². The lowest BCUT2D eigenvalue weighted by Gasteiger charge is -2.12. The van der Waals surface area contributed by atoms with Gasteiger partial charge in [-0.25, -0.2) is 9.97 Å². The molecule has 0 amide bonds. The second-order valence-electron chi connectivity index (χ2n) is 15.8. The first-order chi connectivity index (χ1) is 30.2. The van der Waals surface area contributed by atoms with E-state index in [0.29, 0.717) is 5.95 Å². The van der Waals surface area contributed by atoms with Crippen molar-refractivity contribution in [3.05, 3.63) is 206 Å². The highest BCUT2D eigenvalue weighted by molar-refractivity contribution is 7.26. The van der Waals surface area contributed by atoms with Gasteiger partial charge in [-0.2, -0.15) is 0 Å². The molecule has 13 aromatic rings. The van der Waals surface area contributed by atoms with Crippen molar-refractivity contribution in [1.82, 2.24) is 19.1 Å². The van der Waals surface area contributed by atoms with Gasteiger partial charge < -0.3 is 4.57 Å². The summed E-state index contributed by atoms with van der Waals surface area (Å²) in [6.07, 6.45) is 0. The van der Waals surface area contributed by atoms with E-state index in [1.807, 2.05) is 23.5 Å². The van der Waals surface area contributed by atoms with Gasteiger partial charge in [-0.05, 0) is 95.1 Å². The molecule has 0 unspecified atom stereocenters. The maximum Gasteiger partial charge on any atom is 0.235 e. The largest absolute Gasteiger partial charge is 0.309 e. The average Bonchev–Trinajstić information content (AvgIpc) is 3.99. The van der Waals surface area contributed by atoms with E-state index in [4.69, 9.17) is 9.97 Å². The molecule has 5 heteroatoms. The second-order valence-corrected chi connectivity index (χ2v) is 16.8. The van der Waals surface area contributed by atoms with E-state index >= 15 is 0 Å². The molecule has 0 N–H and O–H groups in total. The highest BCUT2D eigenvalue weighted by Crippen LogP contribution is 2.44. The average molecular weight is 795 g/mol. The highest BCUT2D eigenvalue weighted by Gasteiger charge is 2.20. The summed E-state index contributed by atoms with van der Waals surface area (Å²) in [4.78, 5) is 10.5. The van der Waals surface area contributed by atoms with Gasteiger partial charge in [0.1, 0.15) is 0 Å². The number of benzene rings is 9. The van der Waals surface area contributed by atoms with Crippen molar-refractivity contribution in [1.29, 1.82) is 0 Å². The van der Waals surface area contributed by atoms with E-state index < -0.39 is 0 Å². The second kappa shape index (κ2) is 13.3. The van der Waals surface area contributed by atoms with Gasteiger partial charge in [0.15, 0.2) is 0 Å². The molecule has 13 rings (SSSR count). The van der Waals surface area contributed by atoms with Gasteiger partial charge in [0.05, 0.1) is 33.3 Å². The van der Waals surface area contributed by atoms with Gasteiger partial charge in [0, 0.05) is 58.4 Å². The third-order valence-electron chi connectivity index (χ3n) is 12.3. The van der Waals surface area contributed by atoms with Crippen molar-refractivity contribution in [3.8, 4) is 45.1 Å². The zero-order valence-electron chi connectivity index (χ0n) is 32.8. The molecule has 0 spiro atoms. The van der Waals surface area contributed by atoms with Crippen molar-refractivity contribution >= 4 is 86.0 Å². The first-order valence-corrected chi connectivity index (χ1v) is 21.5. The lowest BCUT2D eigenvalue weighted by molar-refractivity contribution is 1.01. The number of aromatic nitrogens is 4. The number of fused-ring (bicyclic) bond motifs is 10. The van der Waals surface area contributed by atoms with E-state index in [0.717, 1.165) is 33.2 Å². The fraction of sp³-hybridized carbons (Fsp3) is 0. The summed E-state index contributed by atoms with van der Waals surface area (Å²) in [5.74, 6) is 0.665. The predicted octanol–water partition coefficient (Wildman–Crippen LogP) is 15.2. The van der Waals surface area contributed by atoms with Crippen molar-refractivity contribution in [2.24, 2.45) is 0 Å². The minimum atomic E-state index is 0.665. The van der Waals surface area contributed by atoms with Crippen molar-refractivity contribution in [3.63, 3.8) is 0 Å². The topological polar surface area (TPSA) is 35.6 Å². The summed E-state index contributed by atoms with van der Waals surface area (Å²) in [7, 11) is 0. The van der Waals surface area contributed by atoms with Crippen LogP contribution >= 0.6 is 11.3 Å². The third kappa shape index (κ3) is 5.24. The summed E-state index contributed by atoms with van der Waals surface area (Å²) in [6, 6.07) is 74.3. The Morgan fingerprint density at radius 3 is 1.69 bits per heavy atom. The molecular formula is C56H34N4S. The van der Waals surface area contributed by atoms with Crippen LogP contribution < -0.4 is 0 Å². The van der Waals surface area contributed by atoms with Crippen LogP contribution in [0, 0.1) is 0 Å². The van der Waals surface area contributed by atoms with Crippen LogP contribution in [-0.4, -0.2) is 19.1 Å². The van der Waals surface area contributed by atoms with Crippen LogP contribution in [0.15, 0.2) is 206 Å². The molecule has 284 valence electrons. The first-order valence-electron chi connectivity index (χ1n) is 20.7. The number of hydrogen-bond acceptors (Lipinski definition) is 3. The smallest absolute Gasteiger partial charge is 0.235 e. The third-order valence-corrected chi connectivity index (χ3v) is 13.5. The van der Waals surface area contributed by atoms with Gasteiger partial charge in [-0.15, -0.1) is 11.3 Å². The quantitative estimate of drug-likeness (QED) is 0.174. The molecule has 0 bridgehead atoms. The fourth-order valence-electron chi connectivity index (χ4n) is 9.59. The van der Waals surface area contributed by atoms with Gasteiger partial charge in [0.25, 0.3) is 0 Å². The summed E-state index contributed by atoms with van der Waals surface area (Å²) in [5, 5.41) is 8.48. The highest BCUT2D eigenvalue weighted by atomic mass is 32.1. The first kappa shape index (κ1) is 34.0. The van der Waals surface area contributed by atoms with Gasteiger partial charge >= 0.3 is 0 Å². The molecular weight excluding hydrogens is 761 g/mol. The van der Waals surface area contributed by atoms with Crippen LogP contribution in [0.4, 0.5) is 0 Å². The Morgan fingerprint density at radius 2 is 0.918 bits per heavy atom. The molecule has 0 radical (unpaired) electrons. The molecule has 0 aliphatic carbocycles. The monoisotopic (exact) mass is 794 g/mol. The number of nitrogens with zero attached hydrogens (tertiary/aromatic N) is 4. The summed E-state index contributed by atoms with van der Waals surface area (Å²) in [6.45, 7) is 0. The standard InChI is InChI=1S/C56H34N4S/c1-3-14-35(15-4-1)55-43-20-7-10-22-47(43)57-56(58-55)60-49-24-12-9-19-42(49)44-32-36(26-29-51(44)60)37-28-31-52-46(33-37)54-40(21-13-25-53(54)61-52)38-27-30-50-45(34-38)41-18-8-11-23-48(41)59(50)39-16-5-2-6-17-39/h1-34H. The Hall–Kier alpha value is -7.86. The summed E-state index contributed by atoms with van der Waals surface area (Å²) in [5.41, 5.74) is 13.5. The zero-order valence-corrected chi connectivity index (χ0v) is 33.6. The van der Waals surface area contributed by atoms with Crippen molar-refractivity contribution in [2.45, 2.75) is 0 Å². The molecule has 0 fully saturated rings. The summed E-state index contributed by atoms with van der Waals surface area (Å²) < 4.78 is 7.18. The molecule has 0 aliphatic heterocycles. The zero-order chi connectivity index (χ0) is 40.0. The number of para-hydroxylation sites is 4. The SMILES string of the molecule is c1ccc(-c2nc(-n3c4ccccc4c4cc(-c5ccc6sc7cccc(-c8ccc9c(c8)c8ccccc8n9-c8ccccc8)c7c6c5)ccc43)nc3ccccc23)cc1. The Labute approximate surface area is 354 Å². The maximum absolute atomic E-state index is 5.28. The molecule has 4 nitrogen and oxygen atoms in total. The van der Waals surface area contributed by atoms with Crippen molar-refractivity contribution < 1.29 is 0 Å². The van der Waals surface area contributed by atoms with Crippen LogP contribution in [0.1, 0.15) is 0 Å². The van der Waals surface area contributed by atoms with E-state index in [1.165, 1.54) is 80.7 Å². The van der Waals surface area contributed by atoms with Crippen molar-refractivity contribution in [2.75, 3.05) is 0 Å². The van der Waals surface area contributed by atoms with E-state index in [-0.39, 0.29) is 0 Å². The molecule has 4 aromatic heterocycles. The van der Waals surface area contributed by atoms with E-state index in [2.05, 4.69) is 203 Å². The summed E-state index contributed by atoms with van der Waals surface area (Å²) >= 11 is 1.87. The van der Waals surface area contributed by atoms with Crippen LogP contribution in [0.25, 0.3) is 120 Å². The number of thiophene rings is 1. The molecule has 9 aromatic carbocycles. The molecule has 0 aliphatic rings. The maximum atomic E-state index is 5.28. The fourth-order valence-corrected chi connectivity index (χ4v) is 10.7. The van der Waals surface area contributed by atoms with E-state index in [1.54, 1.807) is 0 Å².